The standard InChI is InChI=1S/C21H23N3O3S2/c1-2-16-7-9-17(10-8-16)27-12-14-29(25,26)23-19-6-4-3-5-18(19)20-15-24-11-13-28-21(24)22-20/h3-10,15,23H,2,11-14H2,1H3. The minimum atomic E-state index is -3.56. The molecule has 2 aromatic carbocycles. The summed E-state index contributed by atoms with van der Waals surface area (Å²) < 4.78 is 35.6. The Labute approximate surface area is 175 Å². The van der Waals surface area contributed by atoms with Gasteiger partial charge in [-0.3, -0.25) is 4.72 Å². The number of ether oxygens (including phenoxy) is 1. The van der Waals surface area contributed by atoms with Crippen LogP contribution in [0, 0.1) is 0 Å². The predicted molar refractivity (Wildman–Crippen MR) is 117 cm³/mol. The topological polar surface area (TPSA) is 73.2 Å². The molecule has 0 spiro atoms. The SMILES string of the molecule is CCc1ccc(OCCS(=O)(=O)Nc2ccccc2-c2cn3c(n2)SCC3)cc1. The number of aromatic nitrogens is 2. The highest BCUT2D eigenvalue weighted by molar-refractivity contribution is 7.99. The Hall–Kier alpha value is -2.45. The zero-order valence-corrected chi connectivity index (χ0v) is 17.8. The largest absolute Gasteiger partial charge is 0.492 e. The van der Waals surface area contributed by atoms with Crippen molar-refractivity contribution in [3.63, 3.8) is 0 Å². The molecule has 0 aliphatic carbocycles. The predicted octanol–water partition coefficient (Wildman–Crippen LogP) is 4.04. The summed E-state index contributed by atoms with van der Waals surface area (Å²) in [5.41, 5.74) is 3.29. The van der Waals surface area contributed by atoms with Gasteiger partial charge in [-0.25, -0.2) is 13.4 Å². The maximum Gasteiger partial charge on any atom is 0.236 e. The molecule has 6 nitrogen and oxygen atoms in total. The van der Waals surface area contributed by atoms with E-state index >= 15 is 0 Å². The van der Waals surface area contributed by atoms with E-state index < -0.39 is 10.0 Å². The van der Waals surface area contributed by atoms with E-state index in [1.165, 1.54) is 5.56 Å². The van der Waals surface area contributed by atoms with E-state index in [-0.39, 0.29) is 12.4 Å². The van der Waals surface area contributed by atoms with E-state index in [2.05, 4.69) is 21.2 Å². The summed E-state index contributed by atoms with van der Waals surface area (Å²) in [5.74, 6) is 1.56. The van der Waals surface area contributed by atoms with Gasteiger partial charge in [0.2, 0.25) is 10.0 Å². The molecule has 29 heavy (non-hydrogen) atoms. The van der Waals surface area contributed by atoms with E-state index in [1.807, 2.05) is 48.7 Å². The quantitative estimate of drug-likeness (QED) is 0.585. The van der Waals surface area contributed by atoms with Crippen LogP contribution in [0.3, 0.4) is 0 Å². The Bertz CT molecular complexity index is 1070. The van der Waals surface area contributed by atoms with Crippen molar-refractivity contribution >= 4 is 27.5 Å². The fourth-order valence-electron chi connectivity index (χ4n) is 3.14. The molecule has 8 heteroatoms. The summed E-state index contributed by atoms with van der Waals surface area (Å²) in [5, 5.41) is 0.972. The first-order chi connectivity index (χ1) is 14.0. The van der Waals surface area contributed by atoms with Gasteiger partial charge in [-0.1, -0.05) is 49.0 Å². The summed E-state index contributed by atoms with van der Waals surface area (Å²) in [6, 6.07) is 15.0. The number of nitrogens with one attached hydrogen (secondary N) is 1. The van der Waals surface area contributed by atoms with Gasteiger partial charge in [0, 0.05) is 24.1 Å². The number of hydrogen-bond donors (Lipinski definition) is 1. The molecule has 0 radical (unpaired) electrons. The maximum absolute atomic E-state index is 12.6. The third-order valence-corrected chi connectivity index (χ3v) is 6.93. The highest BCUT2D eigenvalue weighted by atomic mass is 32.2. The van der Waals surface area contributed by atoms with Crippen molar-refractivity contribution < 1.29 is 13.2 Å². The number of rotatable bonds is 8. The van der Waals surface area contributed by atoms with Crippen molar-refractivity contribution in [2.75, 3.05) is 22.8 Å². The minimum absolute atomic E-state index is 0.0817. The van der Waals surface area contributed by atoms with E-state index in [9.17, 15) is 8.42 Å². The van der Waals surface area contributed by atoms with Gasteiger partial charge in [-0.15, -0.1) is 0 Å². The molecule has 1 aliphatic rings. The maximum atomic E-state index is 12.6. The lowest BCUT2D eigenvalue weighted by Crippen LogP contribution is -2.21. The van der Waals surface area contributed by atoms with Gasteiger partial charge >= 0.3 is 0 Å². The number of sulfonamides is 1. The number of anilines is 1. The minimum Gasteiger partial charge on any atom is -0.492 e. The van der Waals surface area contributed by atoms with Crippen LogP contribution in [-0.4, -0.2) is 36.1 Å². The van der Waals surface area contributed by atoms with Gasteiger partial charge in [-0.05, 0) is 30.2 Å². The second-order valence-corrected chi connectivity index (χ2v) is 9.67. The van der Waals surface area contributed by atoms with Crippen molar-refractivity contribution in [2.24, 2.45) is 0 Å². The summed E-state index contributed by atoms with van der Waals surface area (Å²) >= 11 is 1.71. The summed E-state index contributed by atoms with van der Waals surface area (Å²) in [6.07, 6.45) is 2.93. The van der Waals surface area contributed by atoms with Crippen LogP contribution in [0.25, 0.3) is 11.3 Å². The van der Waals surface area contributed by atoms with E-state index in [4.69, 9.17) is 4.74 Å². The van der Waals surface area contributed by atoms with Crippen LogP contribution < -0.4 is 9.46 Å². The smallest absolute Gasteiger partial charge is 0.236 e. The number of nitrogens with zero attached hydrogens (tertiary/aromatic N) is 2. The lowest BCUT2D eigenvalue weighted by molar-refractivity contribution is 0.341. The molecule has 1 aliphatic heterocycles. The van der Waals surface area contributed by atoms with Crippen LogP contribution in [0.1, 0.15) is 12.5 Å². The molecule has 4 rings (SSSR count). The molecule has 2 heterocycles. The van der Waals surface area contributed by atoms with E-state index in [0.29, 0.717) is 11.4 Å². The molecular weight excluding hydrogens is 406 g/mol. The molecule has 0 amide bonds. The third kappa shape index (κ3) is 4.76. The Kier molecular flexibility index (Phi) is 5.82. The molecule has 0 atom stereocenters. The number of benzene rings is 2. The summed E-state index contributed by atoms with van der Waals surface area (Å²) in [4.78, 5) is 4.63. The monoisotopic (exact) mass is 429 g/mol. The molecule has 1 N–H and O–H groups in total. The molecule has 0 saturated heterocycles. The fourth-order valence-corrected chi connectivity index (χ4v) is 5.01. The second kappa shape index (κ2) is 8.51. The lowest BCUT2D eigenvalue weighted by Gasteiger charge is -2.12. The van der Waals surface area contributed by atoms with Crippen molar-refractivity contribution in [1.82, 2.24) is 9.55 Å². The first-order valence-corrected chi connectivity index (χ1v) is 12.2. The van der Waals surface area contributed by atoms with E-state index in [0.717, 1.165) is 35.1 Å². The summed E-state index contributed by atoms with van der Waals surface area (Å²) in [6.45, 7) is 3.10. The first kappa shape index (κ1) is 19.8. The van der Waals surface area contributed by atoms with Gasteiger partial charge in [0.15, 0.2) is 5.16 Å². The molecule has 0 bridgehead atoms. The fraction of sp³-hybridized carbons (Fsp3) is 0.286. The average Bonchev–Trinajstić information content (AvgIpc) is 3.31. The molecule has 152 valence electrons. The number of para-hydroxylation sites is 1. The average molecular weight is 430 g/mol. The number of aryl methyl sites for hydroxylation is 2. The lowest BCUT2D eigenvalue weighted by atomic mass is 10.1. The molecule has 0 saturated carbocycles. The Balaban J connectivity index is 1.42. The zero-order valence-electron chi connectivity index (χ0n) is 16.2. The molecule has 3 aromatic rings. The van der Waals surface area contributed by atoms with Crippen molar-refractivity contribution in [3.8, 4) is 17.0 Å². The number of hydrogen-bond acceptors (Lipinski definition) is 5. The van der Waals surface area contributed by atoms with E-state index in [1.54, 1.807) is 17.8 Å². The molecule has 0 fully saturated rings. The molecule has 0 unspecified atom stereocenters. The summed E-state index contributed by atoms with van der Waals surface area (Å²) in [7, 11) is -3.56. The van der Waals surface area contributed by atoms with Gasteiger partial charge in [0.05, 0.1) is 11.4 Å². The van der Waals surface area contributed by atoms with Crippen LogP contribution in [0.2, 0.25) is 0 Å². The Morgan fingerprint density at radius 1 is 1.17 bits per heavy atom. The number of fused-ring (bicyclic) bond motifs is 1. The van der Waals surface area contributed by atoms with Crippen LogP contribution in [-0.2, 0) is 23.0 Å². The van der Waals surface area contributed by atoms with Crippen LogP contribution >= 0.6 is 11.8 Å². The normalized spacial score (nSPS) is 13.3. The Morgan fingerprint density at radius 3 is 2.72 bits per heavy atom. The number of imidazole rings is 1. The van der Waals surface area contributed by atoms with Crippen molar-refractivity contribution in [1.29, 1.82) is 0 Å². The zero-order chi connectivity index (χ0) is 20.3. The van der Waals surface area contributed by atoms with Gasteiger partial charge in [-0.2, -0.15) is 0 Å². The Morgan fingerprint density at radius 2 is 1.97 bits per heavy atom. The number of thioether (sulfide) groups is 1. The van der Waals surface area contributed by atoms with Crippen molar-refractivity contribution in [2.45, 2.75) is 25.0 Å². The van der Waals surface area contributed by atoms with Crippen molar-refractivity contribution in [3.05, 3.63) is 60.3 Å². The molecular formula is C21H23N3O3S2. The highest BCUT2D eigenvalue weighted by Crippen LogP contribution is 2.32. The van der Waals surface area contributed by atoms with Gasteiger partial charge in [0.25, 0.3) is 0 Å². The van der Waals surface area contributed by atoms with Crippen LogP contribution in [0.5, 0.6) is 5.75 Å². The van der Waals surface area contributed by atoms with Crippen LogP contribution in [0.4, 0.5) is 5.69 Å². The first-order valence-electron chi connectivity index (χ1n) is 9.56. The molecule has 1 aromatic heterocycles. The highest BCUT2D eigenvalue weighted by Gasteiger charge is 2.19. The van der Waals surface area contributed by atoms with Gasteiger partial charge < -0.3 is 9.30 Å². The third-order valence-electron chi connectivity index (χ3n) is 4.72. The second-order valence-electron chi connectivity index (χ2n) is 6.76. The van der Waals surface area contributed by atoms with Gasteiger partial charge in [0.1, 0.15) is 18.1 Å². The van der Waals surface area contributed by atoms with Crippen LogP contribution in [0.15, 0.2) is 59.9 Å².